The lowest BCUT2D eigenvalue weighted by Gasteiger charge is -2.72. The number of ether oxygens (including phenoxy) is 1. The van der Waals surface area contributed by atoms with Crippen LogP contribution in [0.15, 0.2) is 41.5 Å². The number of nitrogens with zero attached hydrogens (tertiary/aromatic N) is 2. The summed E-state index contributed by atoms with van der Waals surface area (Å²) in [5, 5.41) is 9.65. The van der Waals surface area contributed by atoms with Gasteiger partial charge in [0, 0.05) is 36.9 Å². The molecule has 1 aromatic rings. The zero-order valence-corrected chi connectivity index (χ0v) is 36.4. The predicted octanol–water partition coefficient (Wildman–Crippen LogP) is 9.83. The van der Waals surface area contributed by atoms with Crippen molar-refractivity contribution in [3.05, 3.63) is 47.0 Å². The first kappa shape index (κ1) is 42.1. The van der Waals surface area contributed by atoms with Gasteiger partial charge in [0.1, 0.15) is 6.10 Å². The average Bonchev–Trinajstić information content (AvgIpc) is 3.40. The Hall–Kier alpha value is -2.51. The largest absolute Gasteiger partial charge is 0.481 e. The third-order valence-corrected chi connectivity index (χ3v) is 17.0. The van der Waals surface area contributed by atoms with E-state index < -0.39 is 17.4 Å². The number of aliphatic carboxylic acids is 1. The number of Topliss-reactive ketones (excluding diaryl/α,β-unsaturated/α-hetero) is 1. The topological polar surface area (TPSA) is 87.2 Å². The van der Waals surface area contributed by atoms with E-state index in [4.69, 9.17) is 4.74 Å². The van der Waals surface area contributed by atoms with E-state index in [2.05, 4.69) is 103 Å². The molecule has 6 rings (SSSR count). The summed E-state index contributed by atoms with van der Waals surface area (Å²) in [5.74, 6) is 0.686. The molecule has 1 aromatic carbocycles. The number of benzene rings is 1. The average molecular weight is 759 g/mol. The Labute approximate surface area is 333 Å². The highest BCUT2D eigenvalue weighted by molar-refractivity contribution is 6.00. The first-order chi connectivity index (χ1) is 25.6. The molecule has 4 fully saturated rings. The van der Waals surface area contributed by atoms with E-state index in [-0.39, 0.29) is 45.5 Å². The van der Waals surface area contributed by atoms with Gasteiger partial charge in [-0.25, -0.2) is 0 Å². The first-order valence-corrected chi connectivity index (χ1v) is 21.7. The minimum Gasteiger partial charge on any atom is -0.481 e. The molecule has 7 heteroatoms. The highest BCUT2D eigenvalue weighted by atomic mass is 16.5. The second kappa shape index (κ2) is 15.0. The molecular formula is C48H74N2O5. The normalized spacial score (nSPS) is 35.7. The molecule has 0 aromatic heterocycles. The van der Waals surface area contributed by atoms with Crippen LogP contribution in [0.5, 0.6) is 0 Å². The molecule has 2 unspecified atom stereocenters. The maximum atomic E-state index is 14.3. The van der Waals surface area contributed by atoms with Crippen LogP contribution in [-0.2, 0) is 25.7 Å². The van der Waals surface area contributed by atoms with Crippen LogP contribution in [-0.4, -0.2) is 72.5 Å². The number of carbonyl (C=O) groups excluding carboxylic acids is 2. The minimum absolute atomic E-state index is 0.0443. The quantitative estimate of drug-likeness (QED) is 0.201. The van der Waals surface area contributed by atoms with Crippen molar-refractivity contribution in [2.24, 2.45) is 56.2 Å². The Morgan fingerprint density at radius 3 is 2.20 bits per heavy atom. The lowest BCUT2D eigenvalue weighted by Crippen LogP contribution is -2.65. The molecule has 4 saturated carbocycles. The lowest BCUT2D eigenvalue weighted by atomic mass is 9.33. The van der Waals surface area contributed by atoms with Gasteiger partial charge in [-0.05, 0) is 143 Å². The van der Waals surface area contributed by atoms with Crippen molar-refractivity contribution in [3.63, 3.8) is 0 Å². The molecule has 5 aliphatic rings. The maximum absolute atomic E-state index is 14.3. The van der Waals surface area contributed by atoms with Gasteiger partial charge >= 0.3 is 11.9 Å². The second-order valence-electron chi connectivity index (χ2n) is 21.5. The highest BCUT2D eigenvalue weighted by Gasteiger charge is 2.70. The summed E-state index contributed by atoms with van der Waals surface area (Å²) < 4.78 is 6.21. The summed E-state index contributed by atoms with van der Waals surface area (Å²) in [6.45, 7) is 24.1. The van der Waals surface area contributed by atoms with Gasteiger partial charge in [-0.3, -0.25) is 19.3 Å². The van der Waals surface area contributed by atoms with E-state index in [0.717, 1.165) is 71.1 Å². The number of esters is 1. The third-order valence-electron chi connectivity index (χ3n) is 17.0. The Kier molecular flexibility index (Phi) is 11.5. The molecule has 0 radical (unpaired) electrons. The molecule has 0 spiro atoms. The van der Waals surface area contributed by atoms with E-state index in [1.54, 1.807) is 19.4 Å². The van der Waals surface area contributed by atoms with Crippen molar-refractivity contribution in [1.29, 1.82) is 0 Å². The standard InChI is InChI=1S/C48H74N2O5/c1-32(2)40-35(51)29-48(25-26-50(28-27-49(10)11)31-33-15-13-12-14-16-33)24-23-46(8)34(41(40)48)17-18-37-45(7)21-20-38(55-39(52)30-43(3,4)42(53)54)44(5,6)36(45)19-22-47(37,46)9/h12-16,32,34,36-38H,17-31H2,1-11H3,(H,53,54)/t34-,36?,37?,38+,45+,46-,47-,48-/m1/s1. The van der Waals surface area contributed by atoms with Gasteiger partial charge in [-0.15, -0.1) is 0 Å². The van der Waals surface area contributed by atoms with E-state index >= 15 is 0 Å². The first-order valence-electron chi connectivity index (χ1n) is 21.7. The molecular weight excluding hydrogens is 685 g/mol. The molecule has 0 bridgehead atoms. The van der Waals surface area contributed by atoms with Crippen molar-refractivity contribution < 1.29 is 24.2 Å². The van der Waals surface area contributed by atoms with Crippen LogP contribution in [0, 0.1) is 56.2 Å². The molecule has 306 valence electrons. The maximum Gasteiger partial charge on any atom is 0.309 e. The molecule has 8 atom stereocenters. The molecule has 1 N–H and O–H groups in total. The number of carboxylic acid groups (broad SMARTS) is 1. The summed E-state index contributed by atoms with van der Waals surface area (Å²) in [4.78, 5) is 44.1. The summed E-state index contributed by atoms with van der Waals surface area (Å²) in [7, 11) is 4.31. The minimum atomic E-state index is -1.15. The fourth-order valence-corrected chi connectivity index (χ4v) is 13.7. The van der Waals surface area contributed by atoms with Gasteiger partial charge in [0.05, 0.1) is 11.8 Å². The van der Waals surface area contributed by atoms with Crippen molar-refractivity contribution in [1.82, 2.24) is 9.80 Å². The lowest BCUT2D eigenvalue weighted by molar-refractivity contribution is -0.233. The number of ketones is 1. The number of fused-ring (bicyclic) bond motifs is 7. The zero-order chi connectivity index (χ0) is 40.4. The summed E-state index contributed by atoms with van der Waals surface area (Å²) in [6, 6.07) is 10.9. The van der Waals surface area contributed by atoms with E-state index in [9.17, 15) is 19.5 Å². The van der Waals surface area contributed by atoms with Gasteiger partial charge in [-0.2, -0.15) is 0 Å². The number of hydrogen-bond donors (Lipinski definition) is 1. The van der Waals surface area contributed by atoms with Crippen LogP contribution in [0.2, 0.25) is 0 Å². The molecule has 7 nitrogen and oxygen atoms in total. The molecule has 0 heterocycles. The van der Waals surface area contributed by atoms with E-state index in [1.807, 2.05) is 0 Å². The Morgan fingerprint density at radius 1 is 0.873 bits per heavy atom. The van der Waals surface area contributed by atoms with Gasteiger partial charge in [0.15, 0.2) is 5.78 Å². The van der Waals surface area contributed by atoms with Crippen LogP contribution in [0.25, 0.3) is 0 Å². The number of likely N-dealkylation sites (N-methyl/N-ethyl adjacent to an activating group) is 1. The van der Waals surface area contributed by atoms with Crippen LogP contribution in [0.4, 0.5) is 0 Å². The zero-order valence-electron chi connectivity index (χ0n) is 36.4. The van der Waals surface area contributed by atoms with Crippen molar-refractivity contribution in [2.45, 2.75) is 146 Å². The Balaban J connectivity index is 1.26. The molecule has 5 aliphatic carbocycles. The number of carboxylic acids is 1. The number of allylic oxidation sites excluding steroid dienone is 2. The van der Waals surface area contributed by atoms with E-state index in [0.29, 0.717) is 30.0 Å². The van der Waals surface area contributed by atoms with Gasteiger partial charge in [0.25, 0.3) is 0 Å². The van der Waals surface area contributed by atoms with Crippen LogP contribution in [0.3, 0.4) is 0 Å². The fourth-order valence-electron chi connectivity index (χ4n) is 13.7. The smallest absolute Gasteiger partial charge is 0.309 e. The number of hydrogen-bond acceptors (Lipinski definition) is 6. The predicted molar refractivity (Wildman–Crippen MR) is 220 cm³/mol. The molecule has 55 heavy (non-hydrogen) atoms. The monoisotopic (exact) mass is 759 g/mol. The van der Waals surface area contributed by atoms with Crippen molar-refractivity contribution in [2.75, 3.05) is 33.7 Å². The molecule has 0 amide bonds. The Bertz CT molecular complexity index is 1650. The summed E-state index contributed by atoms with van der Waals surface area (Å²) in [5.41, 5.74) is 3.07. The van der Waals surface area contributed by atoms with Crippen molar-refractivity contribution >= 4 is 17.7 Å². The second-order valence-corrected chi connectivity index (χ2v) is 21.5. The molecule has 0 aliphatic heterocycles. The summed E-state index contributed by atoms with van der Waals surface area (Å²) >= 11 is 0. The van der Waals surface area contributed by atoms with Gasteiger partial charge in [0.2, 0.25) is 0 Å². The Morgan fingerprint density at radius 2 is 1.56 bits per heavy atom. The SMILES string of the molecule is CC(C)C1=C2[C@H]3CCC4[C@@]5(C)CC[C@H](OC(=O)CC(C)(C)C(=O)O)C(C)(C)C5CC[C@@]4(C)[C@]3(C)CC[C@@]2(CCN(CCN(C)C)Cc2ccccc2)CC1=O. The van der Waals surface area contributed by atoms with Crippen molar-refractivity contribution in [3.8, 4) is 0 Å². The van der Waals surface area contributed by atoms with Crippen LogP contribution in [0.1, 0.15) is 139 Å². The third kappa shape index (κ3) is 7.29. The molecule has 0 saturated heterocycles. The highest BCUT2D eigenvalue weighted by Crippen LogP contribution is 2.77. The summed E-state index contributed by atoms with van der Waals surface area (Å²) in [6.07, 6.45) is 10.1. The number of rotatable bonds is 13. The number of carbonyl (C=O) groups is 3. The van der Waals surface area contributed by atoms with Crippen LogP contribution >= 0.6 is 0 Å². The fraction of sp³-hybridized carbons (Fsp3) is 0.771. The van der Waals surface area contributed by atoms with Gasteiger partial charge in [-0.1, -0.05) is 84.4 Å². The van der Waals surface area contributed by atoms with E-state index in [1.165, 1.54) is 24.0 Å². The van der Waals surface area contributed by atoms with Gasteiger partial charge < -0.3 is 14.7 Å². The van der Waals surface area contributed by atoms with Crippen LogP contribution < -0.4 is 0 Å².